The second kappa shape index (κ2) is 7.13. The molecule has 2 fully saturated rings. The molecule has 1 saturated carbocycles. The van der Waals surface area contributed by atoms with E-state index in [4.69, 9.17) is 9.47 Å². The zero-order chi connectivity index (χ0) is 17.4. The van der Waals surface area contributed by atoms with Gasteiger partial charge < -0.3 is 29.9 Å². The highest BCUT2D eigenvalue weighted by atomic mass is 16.7. The van der Waals surface area contributed by atoms with Gasteiger partial charge in [0.15, 0.2) is 18.2 Å². The van der Waals surface area contributed by atoms with Crippen molar-refractivity contribution in [1.82, 2.24) is 0 Å². The SMILES string of the molecule is CC1CCC(C(C)(C)O)CC1OC1O[C@H](CO)[C@@H](O)C(=O)[C@H]1O. The largest absolute Gasteiger partial charge is 0.394 e. The molecule has 23 heavy (non-hydrogen) atoms. The van der Waals surface area contributed by atoms with Crippen molar-refractivity contribution in [3.63, 3.8) is 0 Å². The van der Waals surface area contributed by atoms with Gasteiger partial charge in [0.1, 0.15) is 12.2 Å². The van der Waals surface area contributed by atoms with Crippen LogP contribution >= 0.6 is 0 Å². The summed E-state index contributed by atoms with van der Waals surface area (Å²) in [5.41, 5.74) is -0.826. The average molecular weight is 332 g/mol. The normalized spacial score (nSPS) is 42.7. The number of carbonyl (C=O) groups excluding carboxylic acids is 1. The standard InChI is InChI=1S/C16H28O7/c1-8-4-5-9(16(2,3)21)6-10(8)22-15-14(20)13(19)12(18)11(7-17)23-15/h8-12,14-15,17-18,20-21H,4-7H2,1-3H3/t8?,9?,10?,11-,12-,14-,15?/m1/s1. The third kappa shape index (κ3) is 4.10. The van der Waals surface area contributed by atoms with Crippen molar-refractivity contribution in [3.8, 4) is 0 Å². The molecular formula is C16H28O7. The third-order valence-corrected chi connectivity index (χ3v) is 5.11. The summed E-state index contributed by atoms with van der Waals surface area (Å²) in [5, 5.41) is 39.0. The molecule has 7 nitrogen and oxygen atoms in total. The number of hydrogen-bond donors (Lipinski definition) is 4. The van der Waals surface area contributed by atoms with Crippen LogP contribution in [0.5, 0.6) is 0 Å². The Labute approximate surface area is 136 Å². The smallest absolute Gasteiger partial charge is 0.197 e. The summed E-state index contributed by atoms with van der Waals surface area (Å²) in [7, 11) is 0. The van der Waals surface area contributed by atoms with E-state index >= 15 is 0 Å². The summed E-state index contributed by atoms with van der Waals surface area (Å²) in [6.45, 7) is 5.00. The molecule has 2 aliphatic rings. The van der Waals surface area contributed by atoms with Gasteiger partial charge in [0.2, 0.25) is 0 Å². The molecule has 7 heteroatoms. The lowest BCUT2D eigenvalue weighted by Gasteiger charge is -2.43. The lowest BCUT2D eigenvalue weighted by atomic mass is 9.74. The van der Waals surface area contributed by atoms with E-state index in [9.17, 15) is 25.2 Å². The van der Waals surface area contributed by atoms with Crippen LogP contribution in [0, 0.1) is 11.8 Å². The molecule has 1 saturated heterocycles. The average Bonchev–Trinajstić information content (AvgIpc) is 2.48. The van der Waals surface area contributed by atoms with E-state index in [1.54, 1.807) is 13.8 Å². The van der Waals surface area contributed by atoms with Gasteiger partial charge >= 0.3 is 0 Å². The van der Waals surface area contributed by atoms with E-state index in [-0.39, 0.29) is 17.9 Å². The molecule has 0 bridgehead atoms. The number of ether oxygens (including phenoxy) is 2. The van der Waals surface area contributed by atoms with Gasteiger partial charge in [0.05, 0.1) is 18.3 Å². The van der Waals surface area contributed by atoms with E-state index in [0.29, 0.717) is 6.42 Å². The molecule has 4 N–H and O–H groups in total. The quantitative estimate of drug-likeness (QED) is 0.553. The molecule has 1 aliphatic carbocycles. The Morgan fingerprint density at radius 3 is 2.48 bits per heavy atom. The summed E-state index contributed by atoms with van der Waals surface area (Å²) >= 11 is 0. The zero-order valence-corrected chi connectivity index (χ0v) is 13.9. The topological polar surface area (TPSA) is 116 Å². The Bertz CT molecular complexity index is 419. The first-order valence-electron chi connectivity index (χ1n) is 8.19. The minimum Gasteiger partial charge on any atom is -0.394 e. The van der Waals surface area contributed by atoms with Crippen molar-refractivity contribution in [1.29, 1.82) is 0 Å². The van der Waals surface area contributed by atoms with E-state index in [2.05, 4.69) is 0 Å². The van der Waals surface area contributed by atoms with E-state index in [0.717, 1.165) is 12.8 Å². The molecule has 0 amide bonds. The van der Waals surface area contributed by atoms with E-state index < -0.39 is 42.6 Å². The molecule has 0 aromatic rings. The van der Waals surface area contributed by atoms with Crippen LogP contribution in [0.25, 0.3) is 0 Å². The minimum atomic E-state index is -1.58. The monoisotopic (exact) mass is 332 g/mol. The van der Waals surface area contributed by atoms with Crippen LogP contribution in [0.4, 0.5) is 0 Å². The van der Waals surface area contributed by atoms with Crippen molar-refractivity contribution >= 4 is 5.78 Å². The van der Waals surface area contributed by atoms with Crippen molar-refractivity contribution in [2.24, 2.45) is 11.8 Å². The summed E-state index contributed by atoms with van der Waals surface area (Å²) in [6, 6.07) is 0. The number of aliphatic hydroxyl groups is 4. The maximum atomic E-state index is 11.8. The van der Waals surface area contributed by atoms with E-state index in [1.165, 1.54) is 0 Å². The molecule has 0 spiro atoms. The second-order valence-electron chi connectivity index (χ2n) is 7.33. The molecule has 0 aromatic heterocycles. The summed E-state index contributed by atoms with van der Waals surface area (Å²) < 4.78 is 11.2. The minimum absolute atomic E-state index is 0.0550. The molecule has 7 atom stereocenters. The number of carbonyl (C=O) groups is 1. The van der Waals surface area contributed by atoms with Gasteiger partial charge in [-0.15, -0.1) is 0 Å². The lowest BCUT2D eigenvalue weighted by Crippen LogP contribution is -2.58. The van der Waals surface area contributed by atoms with Crippen LogP contribution < -0.4 is 0 Å². The molecule has 0 aromatic carbocycles. The lowest BCUT2D eigenvalue weighted by molar-refractivity contribution is -0.277. The van der Waals surface area contributed by atoms with Crippen LogP contribution in [0.2, 0.25) is 0 Å². The molecule has 134 valence electrons. The Balaban J connectivity index is 2.05. The Hall–Kier alpha value is -0.570. The first kappa shape index (κ1) is 18.8. The van der Waals surface area contributed by atoms with Gasteiger partial charge in [0, 0.05) is 0 Å². The van der Waals surface area contributed by atoms with Crippen LogP contribution in [0.15, 0.2) is 0 Å². The first-order valence-corrected chi connectivity index (χ1v) is 8.19. The maximum Gasteiger partial charge on any atom is 0.197 e. The molecule has 0 radical (unpaired) electrons. The molecule has 4 unspecified atom stereocenters. The zero-order valence-electron chi connectivity index (χ0n) is 13.9. The van der Waals surface area contributed by atoms with Crippen molar-refractivity contribution < 1.29 is 34.7 Å². The van der Waals surface area contributed by atoms with E-state index in [1.807, 2.05) is 6.92 Å². The highest BCUT2D eigenvalue weighted by Gasteiger charge is 2.46. The molecule has 1 heterocycles. The van der Waals surface area contributed by atoms with Gasteiger partial charge in [-0.1, -0.05) is 6.92 Å². The fourth-order valence-corrected chi connectivity index (χ4v) is 3.35. The van der Waals surface area contributed by atoms with Crippen LogP contribution in [0.1, 0.15) is 40.0 Å². The third-order valence-electron chi connectivity index (χ3n) is 5.11. The number of Topliss-reactive ketones (excluding diaryl/α,β-unsaturated/α-hetero) is 1. The van der Waals surface area contributed by atoms with Gasteiger partial charge in [-0.3, -0.25) is 4.79 Å². The summed E-state index contributed by atoms with van der Waals surface area (Å²) in [5.74, 6) is -0.555. The second-order valence-corrected chi connectivity index (χ2v) is 7.33. The highest BCUT2D eigenvalue weighted by molar-refractivity contribution is 5.88. The first-order chi connectivity index (χ1) is 10.6. The van der Waals surface area contributed by atoms with Gasteiger partial charge in [-0.25, -0.2) is 0 Å². The fraction of sp³-hybridized carbons (Fsp3) is 0.938. The summed E-state index contributed by atoms with van der Waals surface area (Å²) in [4.78, 5) is 11.8. The molecular weight excluding hydrogens is 304 g/mol. The Kier molecular flexibility index (Phi) is 5.81. The maximum absolute atomic E-state index is 11.8. The number of ketones is 1. The van der Waals surface area contributed by atoms with Gasteiger partial charge in [0.25, 0.3) is 0 Å². The van der Waals surface area contributed by atoms with Crippen LogP contribution in [0.3, 0.4) is 0 Å². The Morgan fingerprint density at radius 1 is 1.26 bits per heavy atom. The molecule has 1 aliphatic heterocycles. The van der Waals surface area contributed by atoms with Crippen molar-refractivity contribution in [2.45, 2.75) is 76.3 Å². The fourth-order valence-electron chi connectivity index (χ4n) is 3.35. The molecule has 2 rings (SSSR count). The predicted molar refractivity (Wildman–Crippen MR) is 80.4 cm³/mol. The van der Waals surface area contributed by atoms with Crippen molar-refractivity contribution in [3.05, 3.63) is 0 Å². The number of rotatable bonds is 4. The number of aliphatic hydroxyl groups excluding tert-OH is 3. The van der Waals surface area contributed by atoms with Crippen molar-refractivity contribution in [2.75, 3.05) is 6.61 Å². The van der Waals surface area contributed by atoms with Gasteiger partial charge in [-0.2, -0.15) is 0 Å². The van der Waals surface area contributed by atoms with Gasteiger partial charge in [-0.05, 0) is 44.9 Å². The highest BCUT2D eigenvalue weighted by Crippen LogP contribution is 2.38. The Morgan fingerprint density at radius 2 is 1.91 bits per heavy atom. The van der Waals surface area contributed by atoms with Crippen LogP contribution in [-0.2, 0) is 14.3 Å². The number of hydrogen-bond acceptors (Lipinski definition) is 7. The predicted octanol–water partition coefficient (Wildman–Crippen LogP) is -0.413. The summed E-state index contributed by atoms with van der Waals surface area (Å²) in [6.07, 6.45) is -3.38. The van der Waals surface area contributed by atoms with Crippen LogP contribution in [-0.4, -0.2) is 69.1 Å².